The highest BCUT2D eigenvalue weighted by Gasteiger charge is 2.44. The maximum absolute atomic E-state index is 2.42. The van der Waals surface area contributed by atoms with E-state index in [4.69, 9.17) is 0 Å². The Morgan fingerprint density at radius 2 is 1.17 bits per heavy atom. The van der Waals surface area contributed by atoms with Gasteiger partial charge in [0.25, 0.3) is 0 Å². The lowest BCUT2D eigenvalue weighted by molar-refractivity contribution is 0.639. The van der Waals surface area contributed by atoms with Gasteiger partial charge in [0.1, 0.15) is 0 Å². The molecule has 0 aliphatic heterocycles. The molecule has 0 amide bonds. The molecule has 4 aromatic rings. The van der Waals surface area contributed by atoms with Crippen molar-refractivity contribution in [3.63, 3.8) is 0 Å². The van der Waals surface area contributed by atoms with E-state index in [1.54, 1.807) is 0 Å². The van der Waals surface area contributed by atoms with Gasteiger partial charge in [-0.25, -0.2) is 0 Å². The van der Waals surface area contributed by atoms with Crippen molar-refractivity contribution in [1.82, 2.24) is 0 Å². The minimum Gasteiger partial charge on any atom is -0.0622 e. The first-order valence-corrected chi connectivity index (χ1v) is 10.9. The predicted octanol–water partition coefficient (Wildman–Crippen LogP) is 7.96. The Balaban J connectivity index is 1.66. The van der Waals surface area contributed by atoms with E-state index >= 15 is 0 Å². The van der Waals surface area contributed by atoms with Crippen LogP contribution in [0.2, 0.25) is 0 Å². The van der Waals surface area contributed by atoms with Crippen molar-refractivity contribution in [1.29, 1.82) is 0 Å². The lowest BCUT2D eigenvalue weighted by Gasteiger charge is -2.35. The molecular weight excluding hydrogens is 360 g/mol. The van der Waals surface area contributed by atoms with Crippen LogP contribution in [0.1, 0.15) is 61.1 Å². The largest absolute Gasteiger partial charge is 0.0622 e. The first-order chi connectivity index (χ1) is 14.4. The molecule has 0 heterocycles. The van der Waals surface area contributed by atoms with Crippen molar-refractivity contribution in [3.8, 4) is 11.1 Å². The van der Waals surface area contributed by atoms with Crippen LogP contribution in [-0.4, -0.2) is 0 Å². The van der Waals surface area contributed by atoms with Gasteiger partial charge >= 0.3 is 0 Å². The maximum Gasteiger partial charge on any atom is 0.0159 e. The Kier molecular flexibility index (Phi) is 3.38. The highest BCUT2D eigenvalue weighted by molar-refractivity contribution is 6.08. The van der Waals surface area contributed by atoms with Crippen LogP contribution >= 0.6 is 0 Å². The summed E-state index contributed by atoms with van der Waals surface area (Å²) in [5.74, 6) is 0. The van der Waals surface area contributed by atoms with Crippen LogP contribution in [0, 0.1) is 0 Å². The number of hydrogen-bond acceptors (Lipinski definition) is 0. The van der Waals surface area contributed by atoms with E-state index in [-0.39, 0.29) is 10.8 Å². The highest BCUT2D eigenvalue weighted by Crippen LogP contribution is 2.59. The summed E-state index contributed by atoms with van der Waals surface area (Å²) in [4.78, 5) is 0. The van der Waals surface area contributed by atoms with E-state index in [0.717, 1.165) is 0 Å². The summed E-state index contributed by atoms with van der Waals surface area (Å²) in [6.07, 6.45) is 4.47. The maximum atomic E-state index is 2.42. The summed E-state index contributed by atoms with van der Waals surface area (Å²) in [6, 6.07) is 27.0. The minimum atomic E-state index is -0.0216. The number of rotatable bonds is 2. The first-order valence-electron chi connectivity index (χ1n) is 10.9. The summed E-state index contributed by atoms with van der Waals surface area (Å²) in [7, 11) is 0. The molecule has 0 saturated heterocycles. The molecule has 0 unspecified atom stereocenters. The van der Waals surface area contributed by atoms with Crippen molar-refractivity contribution >= 4 is 22.9 Å². The van der Waals surface area contributed by atoms with Crippen molar-refractivity contribution < 1.29 is 0 Å². The Hall–Kier alpha value is -3.12. The van der Waals surface area contributed by atoms with Crippen LogP contribution in [0.4, 0.5) is 0 Å². The second-order valence-corrected chi connectivity index (χ2v) is 9.88. The third-order valence-electron chi connectivity index (χ3n) is 7.42. The summed E-state index contributed by atoms with van der Waals surface area (Å²) in [5.41, 5.74) is 11.4. The Morgan fingerprint density at radius 3 is 1.90 bits per heavy atom. The molecule has 0 saturated carbocycles. The van der Waals surface area contributed by atoms with Gasteiger partial charge in [0.2, 0.25) is 0 Å². The van der Waals surface area contributed by atoms with Crippen molar-refractivity contribution in [3.05, 3.63) is 106 Å². The van der Waals surface area contributed by atoms with Gasteiger partial charge in [0.05, 0.1) is 0 Å². The Bertz CT molecular complexity index is 1360. The smallest absolute Gasteiger partial charge is 0.0159 e. The fraction of sp³-hybridized carbons (Fsp3) is 0.200. The SMILES string of the molecule is CC1(C)c2cccc3c2-c2c1ccc1cc(/C=C/c4ccccc4)cc(c21)C3(C)C. The fourth-order valence-electron chi connectivity index (χ4n) is 5.77. The molecule has 2 aliphatic carbocycles. The average Bonchev–Trinajstić information content (AvgIpc) is 2.99. The van der Waals surface area contributed by atoms with Gasteiger partial charge in [-0.15, -0.1) is 0 Å². The van der Waals surface area contributed by atoms with Crippen molar-refractivity contribution in [2.45, 2.75) is 38.5 Å². The third-order valence-corrected chi connectivity index (χ3v) is 7.42. The van der Waals surface area contributed by atoms with Gasteiger partial charge in [-0.3, -0.25) is 0 Å². The normalized spacial score (nSPS) is 17.1. The van der Waals surface area contributed by atoms with Crippen molar-refractivity contribution in [2.24, 2.45) is 0 Å². The number of benzene rings is 4. The zero-order chi connectivity index (χ0) is 20.7. The molecular formula is C30H26. The summed E-state index contributed by atoms with van der Waals surface area (Å²) < 4.78 is 0. The van der Waals surface area contributed by atoms with Gasteiger partial charge in [-0.1, -0.05) is 107 Å². The van der Waals surface area contributed by atoms with E-state index < -0.39 is 0 Å². The summed E-state index contributed by atoms with van der Waals surface area (Å²) >= 11 is 0. The second-order valence-electron chi connectivity index (χ2n) is 9.88. The van der Waals surface area contributed by atoms with Crippen LogP contribution in [-0.2, 0) is 10.8 Å². The lowest BCUT2D eigenvalue weighted by atomic mass is 9.68. The highest BCUT2D eigenvalue weighted by atomic mass is 14.5. The lowest BCUT2D eigenvalue weighted by Crippen LogP contribution is -2.24. The molecule has 0 bridgehead atoms. The van der Waals surface area contributed by atoms with Crippen LogP contribution in [0.15, 0.2) is 72.8 Å². The second kappa shape index (κ2) is 5.73. The zero-order valence-corrected chi connectivity index (χ0v) is 18.1. The monoisotopic (exact) mass is 386 g/mol. The molecule has 2 aliphatic rings. The molecule has 0 spiro atoms. The molecule has 0 aromatic heterocycles. The van der Waals surface area contributed by atoms with Gasteiger partial charge in [-0.2, -0.15) is 0 Å². The third kappa shape index (κ3) is 2.17. The topological polar surface area (TPSA) is 0 Å². The fourth-order valence-corrected chi connectivity index (χ4v) is 5.77. The van der Waals surface area contributed by atoms with E-state index in [9.17, 15) is 0 Å². The molecule has 0 heteroatoms. The predicted molar refractivity (Wildman–Crippen MR) is 129 cm³/mol. The average molecular weight is 387 g/mol. The van der Waals surface area contributed by atoms with Gasteiger partial charge in [0.15, 0.2) is 0 Å². The van der Waals surface area contributed by atoms with Gasteiger partial charge in [0, 0.05) is 10.8 Å². The van der Waals surface area contributed by atoms with Crippen LogP contribution in [0.3, 0.4) is 0 Å². The molecule has 0 nitrogen and oxygen atoms in total. The van der Waals surface area contributed by atoms with E-state index in [1.165, 1.54) is 55.3 Å². The van der Waals surface area contributed by atoms with Crippen LogP contribution < -0.4 is 0 Å². The molecule has 0 atom stereocenters. The van der Waals surface area contributed by atoms with Crippen LogP contribution in [0.25, 0.3) is 34.1 Å². The van der Waals surface area contributed by atoms with Crippen molar-refractivity contribution in [2.75, 3.05) is 0 Å². The zero-order valence-electron chi connectivity index (χ0n) is 18.1. The first kappa shape index (κ1) is 17.7. The number of hydrogen-bond donors (Lipinski definition) is 0. The summed E-state index contributed by atoms with van der Waals surface area (Å²) in [5, 5.41) is 2.81. The molecule has 30 heavy (non-hydrogen) atoms. The van der Waals surface area contributed by atoms with Gasteiger partial charge in [-0.05, 0) is 61.3 Å². The molecule has 0 fully saturated rings. The van der Waals surface area contributed by atoms with E-state index in [1.807, 2.05) is 0 Å². The van der Waals surface area contributed by atoms with Gasteiger partial charge < -0.3 is 0 Å². The molecule has 6 rings (SSSR count). The van der Waals surface area contributed by atoms with Crippen LogP contribution in [0.5, 0.6) is 0 Å². The molecule has 0 radical (unpaired) electrons. The molecule has 4 aromatic carbocycles. The van der Waals surface area contributed by atoms with E-state index in [2.05, 4.69) is 113 Å². The Labute approximate surface area is 178 Å². The van der Waals surface area contributed by atoms with E-state index in [0.29, 0.717) is 0 Å². The standard InChI is InChI=1S/C30H26/c1-29(2)22-11-8-12-23-27(22)28-24(29)16-15-21-17-20(14-13-19-9-6-5-7-10-19)18-25(26(21)28)30(23,3)4/h5-18H,1-4H3/b14-13+. The molecule has 146 valence electrons. The minimum absolute atomic E-state index is 0.0216. The summed E-state index contributed by atoms with van der Waals surface area (Å²) in [6.45, 7) is 9.54. The Morgan fingerprint density at radius 1 is 0.533 bits per heavy atom. The quantitative estimate of drug-likeness (QED) is 0.307. The molecule has 0 N–H and O–H groups in total.